The molecule has 4 rings (SSSR count). The number of fused-ring (bicyclic) bond motifs is 2. The van der Waals surface area contributed by atoms with Gasteiger partial charge in [0.1, 0.15) is 11.3 Å². The maximum Gasteiger partial charge on any atom is 0.228 e. The Labute approximate surface area is 116 Å². The van der Waals surface area contributed by atoms with E-state index in [0.29, 0.717) is 6.10 Å². The van der Waals surface area contributed by atoms with Crippen LogP contribution in [0.3, 0.4) is 0 Å². The number of benzene rings is 1. The van der Waals surface area contributed by atoms with Gasteiger partial charge in [-0.25, -0.2) is 0 Å². The molecule has 2 unspecified atom stereocenters. The van der Waals surface area contributed by atoms with Gasteiger partial charge in [0, 0.05) is 0 Å². The van der Waals surface area contributed by atoms with Crippen molar-refractivity contribution in [3.8, 4) is 0 Å². The third-order valence-corrected chi connectivity index (χ3v) is 8.72. The Morgan fingerprint density at radius 2 is 1.74 bits per heavy atom. The van der Waals surface area contributed by atoms with Gasteiger partial charge in [-0.05, 0) is 31.5 Å². The topological polar surface area (TPSA) is 21.8 Å². The van der Waals surface area contributed by atoms with Crippen LogP contribution in [0.1, 0.15) is 37.7 Å². The molecule has 1 saturated carbocycles. The van der Waals surface area contributed by atoms with Crippen LogP contribution in [0, 0.1) is 0 Å². The Morgan fingerprint density at radius 1 is 1.05 bits per heavy atom. The standard InChI is InChI=1S/C16H22O2Si/c1-19(2)16(13-9-5-3-6-10-13)14(17-16)15(18-19)11-7-4-8-12-15/h3,5-6,9-10,14H,4,7-8,11-12H2,1-2H3. The molecule has 3 fully saturated rings. The summed E-state index contributed by atoms with van der Waals surface area (Å²) in [5.41, 5.74) is 1.39. The van der Waals surface area contributed by atoms with Crippen LogP contribution in [-0.4, -0.2) is 20.0 Å². The largest absolute Gasteiger partial charge is 0.406 e. The molecule has 3 heteroatoms. The van der Waals surface area contributed by atoms with Crippen molar-refractivity contribution < 1.29 is 9.16 Å². The van der Waals surface area contributed by atoms with Crippen LogP contribution < -0.4 is 0 Å². The summed E-state index contributed by atoms with van der Waals surface area (Å²) in [6.07, 6.45) is 6.68. The Balaban J connectivity index is 1.76. The molecule has 2 aliphatic heterocycles. The van der Waals surface area contributed by atoms with Crippen LogP contribution in [-0.2, 0) is 14.4 Å². The summed E-state index contributed by atoms with van der Waals surface area (Å²) in [5, 5.41) is -0.0639. The summed E-state index contributed by atoms with van der Waals surface area (Å²) in [6.45, 7) is 4.67. The van der Waals surface area contributed by atoms with Gasteiger partial charge in [-0.15, -0.1) is 0 Å². The summed E-state index contributed by atoms with van der Waals surface area (Å²) < 4.78 is 13.1. The van der Waals surface area contributed by atoms with Crippen molar-refractivity contribution in [2.45, 2.75) is 62.1 Å². The molecule has 0 bridgehead atoms. The Hall–Kier alpha value is -0.643. The van der Waals surface area contributed by atoms with Gasteiger partial charge in [0.2, 0.25) is 8.32 Å². The van der Waals surface area contributed by atoms with E-state index in [1.807, 2.05) is 0 Å². The fourth-order valence-corrected chi connectivity index (χ4v) is 8.13. The molecule has 0 aromatic heterocycles. The van der Waals surface area contributed by atoms with Gasteiger partial charge in [0.05, 0.1) is 5.60 Å². The van der Waals surface area contributed by atoms with E-state index in [-0.39, 0.29) is 10.8 Å². The van der Waals surface area contributed by atoms with Crippen molar-refractivity contribution in [2.75, 3.05) is 0 Å². The van der Waals surface area contributed by atoms with Crippen molar-refractivity contribution in [3.63, 3.8) is 0 Å². The Kier molecular flexibility index (Phi) is 2.37. The molecule has 0 radical (unpaired) electrons. The van der Waals surface area contributed by atoms with Gasteiger partial charge in [-0.3, -0.25) is 0 Å². The number of epoxide rings is 1. The summed E-state index contributed by atoms with van der Waals surface area (Å²) in [5.74, 6) is 0. The lowest BCUT2D eigenvalue weighted by Crippen LogP contribution is -2.46. The number of hydrogen-bond acceptors (Lipinski definition) is 2. The van der Waals surface area contributed by atoms with E-state index in [1.165, 1.54) is 37.7 Å². The highest BCUT2D eigenvalue weighted by Crippen LogP contribution is 2.66. The van der Waals surface area contributed by atoms with Crippen molar-refractivity contribution in [2.24, 2.45) is 0 Å². The van der Waals surface area contributed by atoms with Crippen LogP contribution in [0.5, 0.6) is 0 Å². The molecule has 19 heavy (non-hydrogen) atoms. The fraction of sp³-hybridized carbons (Fsp3) is 0.625. The Bertz CT molecular complexity index is 493. The number of ether oxygens (including phenoxy) is 1. The first-order chi connectivity index (χ1) is 9.11. The van der Waals surface area contributed by atoms with Gasteiger partial charge in [-0.2, -0.15) is 0 Å². The van der Waals surface area contributed by atoms with E-state index in [9.17, 15) is 0 Å². The van der Waals surface area contributed by atoms with Crippen LogP contribution >= 0.6 is 0 Å². The highest BCUT2D eigenvalue weighted by Gasteiger charge is 2.81. The second kappa shape index (κ2) is 3.71. The minimum Gasteiger partial charge on any atom is -0.406 e. The lowest BCUT2D eigenvalue weighted by Gasteiger charge is -2.38. The predicted molar refractivity (Wildman–Crippen MR) is 77.4 cm³/mol. The second-order valence-electron chi connectivity index (χ2n) is 6.84. The zero-order chi connectivity index (χ0) is 13.1. The summed E-state index contributed by atoms with van der Waals surface area (Å²) in [6, 6.07) is 10.8. The molecule has 2 heterocycles. The molecule has 102 valence electrons. The second-order valence-corrected chi connectivity index (χ2v) is 10.8. The van der Waals surface area contributed by atoms with Gasteiger partial charge >= 0.3 is 0 Å². The van der Waals surface area contributed by atoms with Gasteiger partial charge < -0.3 is 9.16 Å². The van der Waals surface area contributed by atoms with Crippen LogP contribution in [0.25, 0.3) is 0 Å². The molecule has 3 aliphatic rings. The van der Waals surface area contributed by atoms with Crippen molar-refractivity contribution >= 4 is 8.32 Å². The molecule has 1 aromatic carbocycles. The molecule has 1 aliphatic carbocycles. The third kappa shape index (κ3) is 1.44. The van der Waals surface area contributed by atoms with E-state index in [2.05, 4.69) is 43.4 Å². The van der Waals surface area contributed by atoms with E-state index < -0.39 is 8.32 Å². The van der Waals surface area contributed by atoms with E-state index in [0.717, 1.165) is 0 Å². The van der Waals surface area contributed by atoms with Crippen molar-refractivity contribution in [3.05, 3.63) is 35.9 Å². The first-order valence-corrected chi connectivity index (χ1v) is 10.5. The molecule has 2 atom stereocenters. The molecule has 2 saturated heterocycles. The van der Waals surface area contributed by atoms with E-state index in [4.69, 9.17) is 9.16 Å². The van der Waals surface area contributed by atoms with Crippen molar-refractivity contribution in [1.29, 1.82) is 0 Å². The van der Waals surface area contributed by atoms with Crippen LogP contribution in [0.4, 0.5) is 0 Å². The normalized spacial score (nSPS) is 38.1. The number of hydrogen-bond donors (Lipinski definition) is 0. The SMILES string of the molecule is C[Si]1(C)OC2(CCCCC2)C2OC21c1ccccc1. The molecule has 0 N–H and O–H groups in total. The quantitative estimate of drug-likeness (QED) is 0.574. The fourth-order valence-electron chi connectivity index (χ4n) is 4.49. The van der Waals surface area contributed by atoms with Crippen molar-refractivity contribution in [1.82, 2.24) is 0 Å². The monoisotopic (exact) mass is 274 g/mol. The average Bonchev–Trinajstić information content (AvgIpc) is 3.15. The van der Waals surface area contributed by atoms with Crippen LogP contribution in [0.2, 0.25) is 13.1 Å². The average molecular weight is 274 g/mol. The lowest BCUT2D eigenvalue weighted by molar-refractivity contribution is -0.00523. The summed E-state index contributed by atoms with van der Waals surface area (Å²) >= 11 is 0. The third-order valence-electron chi connectivity index (χ3n) is 5.35. The zero-order valence-electron chi connectivity index (χ0n) is 11.8. The highest BCUT2D eigenvalue weighted by molar-refractivity contribution is 6.75. The summed E-state index contributed by atoms with van der Waals surface area (Å²) in [4.78, 5) is 0. The summed E-state index contributed by atoms with van der Waals surface area (Å²) in [7, 11) is -1.84. The predicted octanol–water partition coefficient (Wildman–Crippen LogP) is 3.76. The minimum absolute atomic E-state index is 0.0455. The van der Waals surface area contributed by atoms with Gasteiger partial charge in [-0.1, -0.05) is 49.6 Å². The van der Waals surface area contributed by atoms with Gasteiger partial charge in [0.15, 0.2) is 0 Å². The smallest absolute Gasteiger partial charge is 0.228 e. The van der Waals surface area contributed by atoms with E-state index in [1.54, 1.807) is 0 Å². The number of rotatable bonds is 1. The lowest BCUT2D eigenvalue weighted by atomic mass is 9.80. The van der Waals surface area contributed by atoms with E-state index >= 15 is 0 Å². The first kappa shape index (κ1) is 12.1. The minimum atomic E-state index is -1.84. The molecular formula is C16H22O2Si. The first-order valence-electron chi connectivity index (χ1n) is 7.54. The Morgan fingerprint density at radius 3 is 2.37 bits per heavy atom. The maximum atomic E-state index is 6.71. The highest BCUT2D eigenvalue weighted by atomic mass is 28.4. The zero-order valence-corrected chi connectivity index (χ0v) is 12.8. The maximum absolute atomic E-state index is 6.71. The molecule has 1 aromatic rings. The van der Waals surface area contributed by atoms with Gasteiger partial charge in [0.25, 0.3) is 0 Å². The van der Waals surface area contributed by atoms with Crippen LogP contribution in [0.15, 0.2) is 30.3 Å². The molecular weight excluding hydrogens is 252 g/mol. The molecule has 2 nitrogen and oxygen atoms in total. The molecule has 1 spiro atoms. The molecule has 0 amide bonds.